The van der Waals surface area contributed by atoms with Crippen molar-refractivity contribution in [3.05, 3.63) is 36.9 Å². The Morgan fingerprint density at radius 2 is 2.29 bits per heavy atom. The quantitative estimate of drug-likeness (QED) is 0.862. The lowest BCUT2D eigenvalue weighted by Gasteiger charge is -2.15. The Bertz CT molecular complexity index is 535. The first-order valence-electron chi connectivity index (χ1n) is 4.97. The maximum atomic E-state index is 12.2. The van der Waals surface area contributed by atoms with Crippen molar-refractivity contribution in [2.24, 2.45) is 0 Å². The van der Waals surface area contributed by atoms with Crippen LogP contribution in [0.1, 0.15) is 20.2 Å². The number of rotatable bonds is 3. The molecule has 17 heavy (non-hydrogen) atoms. The zero-order valence-corrected chi connectivity index (χ0v) is 12.7. The number of hydrogen-bond acceptors (Lipinski definition) is 4. The van der Waals surface area contributed by atoms with E-state index in [-0.39, 0.29) is 5.91 Å². The zero-order valence-electron chi connectivity index (χ0n) is 9.44. The van der Waals surface area contributed by atoms with Crippen LogP contribution in [0.3, 0.4) is 0 Å². The SMILES string of the molecule is Cc1ncsc1CN(C)C(=O)c1sccc1Br. The molecule has 2 heterocycles. The molecule has 0 N–H and O–H groups in total. The molecule has 3 nitrogen and oxygen atoms in total. The molecule has 0 bridgehead atoms. The van der Waals surface area contributed by atoms with E-state index in [9.17, 15) is 4.79 Å². The summed E-state index contributed by atoms with van der Waals surface area (Å²) in [7, 11) is 1.81. The monoisotopic (exact) mass is 330 g/mol. The molecule has 0 aromatic carbocycles. The predicted octanol–water partition coefficient (Wildman–Crippen LogP) is 3.55. The molecule has 0 aliphatic heterocycles. The van der Waals surface area contributed by atoms with E-state index in [0.29, 0.717) is 6.54 Å². The first-order chi connectivity index (χ1) is 8.09. The van der Waals surface area contributed by atoms with Crippen LogP contribution >= 0.6 is 38.6 Å². The number of thiophene rings is 1. The molecule has 0 saturated heterocycles. The molecule has 6 heteroatoms. The van der Waals surface area contributed by atoms with Gasteiger partial charge >= 0.3 is 0 Å². The van der Waals surface area contributed by atoms with E-state index in [1.807, 2.05) is 30.9 Å². The lowest BCUT2D eigenvalue weighted by Crippen LogP contribution is -2.25. The Kier molecular flexibility index (Phi) is 3.96. The third-order valence-electron chi connectivity index (χ3n) is 2.38. The highest BCUT2D eigenvalue weighted by molar-refractivity contribution is 9.10. The minimum Gasteiger partial charge on any atom is -0.336 e. The van der Waals surface area contributed by atoms with Gasteiger partial charge in [0, 0.05) is 16.4 Å². The minimum absolute atomic E-state index is 0.0414. The zero-order chi connectivity index (χ0) is 12.4. The number of thiazole rings is 1. The summed E-state index contributed by atoms with van der Waals surface area (Å²) >= 11 is 6.42. The Labute approximate surface area is 116 Å². The Morgan fingerprint density at radius 3 is 2.82 bits per heavy atom. The van der Waals surface area contributed by atoms with E-state index in [0.717, 1.165) is 19.9 Å². The first-order valence-corrected chi connectivity index (χ1v) is 7.52. The highest BCUT2D eigenvalue weighted by atomic mass is 79.9. The minimum atomic E-state index is 0.0414. The summed E-state index contributed by atoms with van der Waals surface area (Å²) in [6.07, 6.45) is 0. The van der Waals surface area contributed by atoms with Gasteiger partial charge in [0.2, 0.25) is 0 Å². The molecule has 0 radical (unpaired) electrons. The van der Waals surface area contributed by atoms with Crippen LogP contribution in [-0.2, 0) is 6.54 Å². The molecule has 0 aliphatic rings. The molecule has 2 aromatic rings. The molecular formula is C11H11BrN2OS2. The van der Waals surface area contributed by atoms with Gasteiger partial charge < -0.3 is 4.90 Å². The van der Waals surface area contributed by atoms with Crippen LogP contribution in [0, 0.1) is 6.92 Å². The third-order valence-corrected chi connectivity index (χ3v) is 5.13. The second-order valence-corrected chi connectivity index (χ2v) is 6.33. The van der Waals surface area contributed by atoms with Crippen molar-refractivity contribution in [2.45, 2.75) is 13.5 Å². The Balaban J connectivity index is 2.11. The van der Waals surface area contributed by atoms with Gasteiger partial charge in [-0.05, 0) is 34.3 Å². The summed E-state index contributed by atoms with van der Waals surface area (Å²) in [5, 5.41) is 1.91. The fourth-order valence-electron chi connectivity index (χ4n) is 1.38. The Morgan fingerprint density at radius 1 is 1.53 bits per heavy atom. The lowest BCUT2D eigenvalue weighted by atomic mass is 10.3. The predicted molar refractivity (Wildman–Crippen MR) is 74.7 cm³/mol. The first kappa shape index (κ1) is 12.7. The van der Waals surface area contributed by atoms with Crippen molar-refractivity contribution in [1.82, 2.24) is 9.88 Å². The molecular weight excluding hydrogens is 320 g/mol. The second kappa shape index (κ2) is 5.29. The van der Waals surface area contributed by atoms with Crippen LogP contribution < -0.4 is 0 Å². The fraction of sp³-hybridized carbons (Fsp3) is 0.273. The second-order valence-electron chi connectivity index (χ2n) is 3.62. The van der Waals surface area contributed by atoms with Crippen molar-refractivity contribution >= 4 is 44.5 Å². The van der Waals surface area contributed by atoms with Crippen LogP contribution in [0.25, 0.3) is 0 Å². The van der Waals surface area contributed by atoms with Crippen LogP contribution in [0.2, 0.25) is 0 Å². The molecule has 0 atom stereocenters. The molecule has 0 fully saturated rings. The van der Waals surface area contributed by atoms with E-state index in [2.05, 4.69) is 20.9 Å². The molecule has 0 unspecified atom stereocenters. The smallest absolute Gasteiger partial charge is 0.265 e. The number of carbonyl (C=O) groups is 1. The van der Waals surface area contributed by atoms with E-state index in [1.54, 1.807) is 16.2 Å². The standard InChI is InChI=1S/C11H11BrN2OS2/c1-7-9(17-6-13-7)5-14(2)11(15)10-8(12)3-4-16-10/h3-4,6H,5H2,1-2H3. The highest BCUT2D eigenvalue weighted by Crippen LogP contribution is 2.25. The molecule has 0 saturated carbocycles. The van der Waals surface area contributed by atoms with Crippen LogP contribution in [0.5, 0.6) is 0 Å². The molecule has 90 valence electrons. The number of nitrogens with zero attached hydrogens (tertiary/aromatic N) is 2. The average molecular weight is 331 g/mol. The molecule has 2 aromatic heterocycles. The molecule has 2 rings (SSSR count). The average Bonchev–Trinajstić information content (AvgIpc) is 2.88. The van der Waals surface area contributed by atoms with Crippen molar-refractivity contribution in [1.29, 1.82) is 0 Å². The number of carbonyl (C=O) groups excluding carboxylic acids is 1. The summed E-state index contributed by atoms with van der Waals surface area (Å²) in [4.78, 5) is 19.9. The number of halogens is 1. The van der Waals surface area contributed by atoms with E-state index >= 15 is 0 Å². The van der Waals surface area contributed by atoms with Crippen molar-refractivity contribution < 1.29 is 4.79 Å². The molecule has 1 amide bonds. The van der Waals surface area contributed by atoms with Crippen molar-refractivity contribution in [3.8, 4) is 0 Å². The van der Waals surface area contributed by atoms with Gasteiger partial charge in [0.15, 0.2) is 0 Å². The summed E-state index contributed by atoms with van der Waals surface area (Å²) in [6, 6.07) is 1.89. The summed E-state index contributed by atoms with van der Waals surface area (Å²) < 4.78 is 0.861. The number of aromatic nitrogens is 1. The van der Waals surface area contributed by atoms with Gasteiger partial charge in [-0.3, -0.25) is 4.79 Å². The van der Waals surface area contributed by atoms with Crippen molar-refractivity contribution in [2.75, 3.05) is 7.05 Å². The topological polar surface area (TPSA) is 33.2 Å². The Hall–Kier alpha value is -0.720. The number of aryl methyl sites for hydroxylation is 1. The normalized spacial score (nSPS) is 10.5. The molecule has 0 spiro atoms. The van der Waals surface area contributed by atoms with E-state index < -0.39 is 0 Å². The lowest BCUT2D eigenvalue weighted by molar-refractivity contribution is 0.0790. The number of amides is 1. The maximum Gasteiger partial charge on any atom is 0.265 e. The molecule has 0 aliphatic carbocycles. The highest BCUT2D eigenvalue weighted by Gasteiger charge is 2.17. The largest absolute Gasteiger partial charge is 0.336 e. The fourth-order valence-corrected chi connectivity index (χ4v) is 3.75. The number of hydrogen-bond donors (Lipinski definition) is 0. The summed E-state index contributed by atoms with van der Waals surface area (Å²) in [5.41, 5.74) is 2.81. The summed E-state index contributed by atoms with van der Waals surface area (Å²) in [5.74, 6) is 0.0414. The van der Waals surface area contributed by atoms with Gasteiger partial charge in [-0.1, -0.05) is 0 Å². The van der Waals surface area contributed by atoms with Crippen LogP contribution in [-0.4, -0.2) is 22.8 Å². The van der Waals surface area contributed by atoms with Crippen LogP contribution in [0.15, 0.2) is 21.4 Å². The van der Waals surface area contributed by atoms with Gasteiger partial charge in [0.25, 0.3) is 5.91 Å². The van der Waals surface area contributed by atoms with Crippen molar-refractivity contribution in [3.63, 3.8) is 0 Å². The third kappa shape index (κ3) is 2.75. The van der Waals surface area contributed by atoms with E-state index in [1.165, 1.54) is 11.3 Å². The van der Waals surface area contributed by atoms with Crippen LogP contribution in [0.4, 0.5) is 0 Å². The van der Waals surface area contributed by atoms with Gasteiger partial charge in [-0.15, -0.1) is 22.7 Å². The maximum absolute atomic E-state index is 12.2. The van der Waals surface area contributed by atoms with Gasteiger partial charge in [0.1, 0.15) is 4.88 Å². The van der Waals surface area contributed by atoms with E-state index in [4.69, 9.17) is 0 Å². The summed E-state index contributed by atoms with van der Waals surface area (Å²) in [6.45, 7) is 2.57. The van der Waals surface area contributed by atoms with Gasteiger partial charge in [0.05, 0.1) is 17.7 Å². The van der Waals surface area contributed by atoms with Gasteiger partial charge in [-0.2, -0.15) is 0 Å². The van der Waals surface area contributed by atoms with Gasteiger partial charge in [-0.25, -0.2) is 4.98 Å².